The maximum atomic E-state index is 13.4. The van der Waals surface area contributed by atoms with Crippen LogP contribution in [0.1, 0.15) is 23.3 Å². The van der Waals surface area contributed by atoms with Crippen LogP contribution in [0.5, 0.6) is 0 Å². The summed E-state index contributed by atoms with van der Waals surface area (Å²) in [6.07, 6.45) is 0.930. The molecule has 25 heavy (non-hydrogen) atoms. The average Bonchev–Trinajstić information content (AvgIpc) is 3.12. The molecule has 0 aliphatic rings. The molecule has 7 heteroatoms. The van der Waals surface area contributed by atoms with Crippen LogP contribution in [-0.4, -0.2) is 30.4 Å². The molecule has 0 N–H and O–H groups in total. The Bertz CT molecular complexity index is 719. The number of rotatable bonds is 8. The van der Waals surface area contributed by atoms with Crippen molar-refractivity contribution in [2.45, 2.75) is 25.8 Å². The third-order valence-electron chi connectivity index (χ3n) is 3.69. The Balaban J connectivity index is 2.03. The van der Waals surface area contributed by atoms with E-state index in [4.69, 9.17) is 0 Å². The lowest BCUT2D eigenvalue weighted by Gasteiger charge is -2.22. The van der Waals surface area contributed by atoms with Crippen molar-refractivity contribution in [1.29, 1.82) is 0 Å². The number of thiophene rings is 1. The van der Waals surface area contributed by atoms with Crippen LogP contribution in [-0.2, 0) is 27.3 Å². The summed E-state index contributed by atoms with van der Waals surface area (Å²) in [5.41, 5.74) is 0.466. The molecule has 1 aromatic heterocycles. The van der Waals surface area contributed by atoms with Crippen molar-refractivity contribution >= 4 is 23.2 Å². The fourth-order valence-corrected chi connectivity index (χ4v) is 3.03. The topological polar surface area (TPSA) is 46.6 Å². The minimum absolute atomic E-state index is 0.0465. The first kappa shape index (κ1) is 19.1. The minimum Gasteiger partial charge on any atom is -0.469 e. The van der Waals surface area contributed by atoms with Gasteiger partial charge in [-0.05, 0) is 35.6 Å². The van der Waals surface area contributed by atoms with E-state index in [0.29, 0.717) is 12.0 Å². The summed E-state index contributed by atoms with van der Waals surface area (Å²) < 4.78 is 31.0. The number of hydrogen-bond donors (Lipinski definition) is 0. The van der Waals surface area contributed by atoms with E-state index in [2.05, 4.69) is 4.74 Å². The van der Waals surface area contributed by atoms with Crippen LogP contribution in [0.25, 0.3) is 0 Å². The first-order valence-electron chi connectivity index (χ1n) is 7.80. The molecule has 0 fully saturated rings. The zero-order chi connectivity index (χ0) is 18.2. The maximum absolute atomic E-state index is 13.4. The molecule has 4 nitrogen and oxygen atoms in total. The van der Waals surface area contributed by atoms with Gasteiger partial charge in [0.05, 0.1) is 13.5 Å². The lowest BCUT2D eigenvalue weighted by Crippen LogP contribution is -2.33. The summed E-state index contributed by atoms with van der Waals surface area (Å²) in [7, 11) is 1.28. The van der Waals surface area contributed by atoms with Gasteiger partial charge in [0.2, 0.25) is 5.91 Å². The van der Waals surface area contributed by atoms with Gasteiger partial charge in [0.1, 0.15) is 0 Å². The number of esters is 1. The first-order chi connectivity index (χ1) is 12.0. The monoisotopic (exact) mass is 367 g/mol. The van der Waals surface area contributed by atoms with Crippen molar-refractivity contribution in [2.24, 2.45) is 0 Å². The van der Waals surface area contributed by atoms with Crippen molar-refractivity contribution in [1.82, 2.24) is 4.90 Å². The second kappa shape index (κ2) is 9.27. The van der Waals surface area contributed by atoms with E-state index in [-0.39, 0.29) is 31.8 Å². The number of carbonyl (C=O) groups excluding carboxylic acids is 2. The molecule has 0 saturated carbocycles. The Hall–Kier alpha value is -2.28. The second-order valence-corrected chi connectivity index (χ2v) is 6.50. The molecule has 0 atom stereocenters. The predicted molar refractivity (Wildman–Crippen MR) is 91.0 cm³/mol. The predicted octanol–water partition coefficient (Wildman–Crippen LogP) is 3.55. The first-order valence-corrected chi connectivity index (χ1v) is 8.68. The van der Waals surface area contributed by atoms with Crippen LogP contribution in [0.4, 0.5) is 8.78 Å². The van der Waals surface area contributed by atoms with Gasteiger partial charge in [-0.1, -0.05) is 12.1 Å². The summed E-state index contributed by atoms with van der Waals surface area (Å²) in [6, 6.07) is 7.38. The third-order valence-corrected chi connectivity index (χ3v) is 4.63. The molecule has 0 aliphatic carbocycles. The number of nitrogens with zero attached hydrogens (tertiary/aromatic N) is 1. The van der Waals surface area contributed by atoms with Crippen LogP contribution >= 0.6 is 11.3 Å². The summed E-state index contributed by atoms with van der Waals surface area (Å²) in [5.74, 6) is -2.48. The number of aryl methyl sites for hydroxylation is 1. The molecule has 0 saturated heterocycles. The molecule has 1 heterocycles. The molecule has 0 spiro atoms. The Morgan fingerprint density at radius 1 is 1.16 bits per heavy atom. The van der Waals surface area contributed by atoms with Crippen LogP contribution in [0, 0.1) is 11.6 Å². The van der Waals surface area contributed by atoms with Crippen molar-refractivity contribution in [3.8, 4) is 0 Å². The van der Waals surface area contributed by atoms with E-state index in [1.54, 1.807) is 11.3 Å². The number of hydrogen-bond acceptors (Lipinski definition) is 4. The van der Waals surface area contributed by atoms with E-state index in [0.717, 1.165) is 17.0 Å². The summed E-state index contributed by atoms with van der Waals surface area (Å²) in [5, 5.41) is 1.94. The molecule has 134 valence electrons. The lowest BCUT2D eigenvalue weighted by atomic mass is 10.1. The Labute approximate surface area is 149 Å². The van der Waals surface area contributed by atoms with Crippen LogP contribution in [0.2, 0.25) is 0 Å². The van der Waals surface area contributed by atoms with Gasteiger partial charge in [-0.15, -0.1) is 11.3 Å². The summed E-state index contributed by atoms with van der Waals surface area (Å²) in [4.78, 5) is 26.4. The zero-order valence-electron chi connectivity index (χ0n) is 13.8. The summed E-state index contributed by atoms with van der Waals surface area (Å²) in [6.45, 7) is 0.270. The van der Waals surface area contributed by atoms with Crippen molar-refractivity contribution < 1.29 is 23.1 Å². The van der Waals surface area contributed by atoms with Crippen molar-refractivity contribution in [3.63, 3.8) is 0 Å². The Kier molecular flexibility index (Phi) is 7.06. The van der Waals surface area contributed by atoms with E-state index in [9.17, 15) is 18.4 Å². The van der Waals surface area contributed by atoms with Crippen molar-refractivity contribution in [3.05, 3.63) is 57.8 Å². The van der Waals surface area contributed by atoms with Crippen LogP contribution < -0.4 is 0 Å². The molecule has 1 amide bonds. The second-order valence-electron chi connectivity index (χ2n) is 5.47. The fraction of sp³-hybridized carbons (Fsp3) is 0.333. The number of carbonyl (C=O) groups is 2. The van der Waals surface area contributed by atoms with Gasteiger partial charge < -0.3 is 9.64 Å². The van der Waals surface area contributed by atoms with Gasteiger partial charge in [0.15, 0.2) is 11.6 Å². The highest BCUT2D eigenvalue weighted by Crippen LogP contribution is 2.15. The van der Waals surface area contributed by atoms with Crippen LogP contribution in [0.15, 0.2) is 35.7 Å². The number of ether oxygens (including phenoxy) is 1. The molecule has 1 aromatic carbocycles. The fourth-order valence-electron chi connectivity index (χ4n) is 2.32. The van der Waals surface area contributed by atoms with Gasteiger partial charge in [-0.3, -0.25) is 9.59 Å². The molecule has 0 unspecified atom stereocenters. The van der Waals surface area contributed by atoms with Gasteiger partial charge in [0.25, 0.3) is 0 Å². The molecule has 0 aliphatic heterocycles. The smallest absolute Gasteiger partial charge is 0.307 e. The largest absolute Gasteiger partial charge is 0.469 e. The van der Waals surface area contributed by atoms with Gasteiger partial charge >= 0.3 is 5.97 Å². The normalized spacial score (nSPS) is 10.5. The summed E-state index contributed by atoms with van der Waals surface area (Å²) >= 11 is 1.57. The zero-order valence-corrected chi connectivity index (χ0v) is 14.7. The van der Waals surface area contributed by atoms with E-state index in [1.807, 2.05) is 17.5 Å². The molecule has 2 rings (SSSR count). The molecule has 0 radical (unpaired) electrons. The van der Waals surface area contributed by atoms with Crippen molar-refractivity contribution in [2.75, 3.05) is 13.7 Å². The van der Waals surface area contributed by atoms with Gasteiger partial charge in [-0.25, -0.2) is 8.78 Å². The Morgan fingerprint density at radius 2 is 1.96 bits per heavy atom. The van der Waals surface area contributed by atoms with Gasteiger partial charge in [0, 0.05) is 24.4 Å². The molecular weight excluding hydrogens is 348 g/mol. The number of halogens is 2. The Morgan fingerprint density at radius 3 is 2.60 bits per heavy atom. The standard InChI is InChI=1S/C18H19F2NO3S/c1-24-18(23)8-9-21(12-13-4-6-15(19)16(20)11-13)17(22)7-5-14-3-2-10-25-14/h2-4,6,10-11H,5,7-9,12H2,1H3. The number of benzene rings is 1. The minimum atomic E-state index is -0.962. The van der Waals surface area contributed by atoms with Gasteiger partial charge in [-0.2, -0.15) is 0 Å². The van der Waals surface area contributed by atoms with E-state index >= 15 is 0 Å². The maximum Gasteiger partial charge on any atom is 0.307 e. The SMILES string of the molecule is COC(=O)CCN(Cc1ccc(F)c(F)c1)C(=O)CCc1cccs1. The highest BCUT2D eigenvalue weighted by atomic mass is 32.1. The average molecular weight is 367 g/mol. The van der Waals surface area contributed by atoms with E-state index < -0.39 is 17.6 Å². The lowest BCUT2D eigenvalue weighted by molar-refractivity contribution is -0.141. The third kappa shape index (κ3) is 5.94. The van der Waals surface area contributed by atoms with Crippen LogP contribution in [0.3, 0.4) is 0 Å². The molecule has 2 aromatic rings. The number of amides is 1. The number of methoxy groups -OCH3 is 1. The molecule has 0 bridgehead atoms. The molecular formula is C18H19F2NO3S. The quantitative estimate of drug-likeness (QED) is 0.671. The highest BCUT2D eigenvalue weighted by Gasteiger charge is 2.17. The highest BCUT2D eigenvalue weighted by molar-refractivity contribution is 7.09. The van der Waals surface area contributed by atoms with E-state index in [1.165, 1.54) is 18.1 Å².